The molecule has 0 saturated carbocycles. The van der Waals surface area contributed by atoms with E-state index in [1.807, 2.05) is 43.3 Å². The van der Waals surface area contributed by atoms with Gasteiger partial charge in [-0.15, -0.1) is 0 Å². The number of hydrogen-bond acceptors (Lipinski definition) is 3. The molecule has 1 heterocycles. The third kappa shape index (κ3) is 2.52. The molecule has 2 aromatic carbocycles. The number of halogens is 1. The normalized spacial score (nSPS) is 15.0. The van der Waals surface area contributed by atoms with Crippen molar-refractivity contribution >= 4 is 29.1 Å². The van der Waals surface area contributed by atoms with E-state index in [2.05, 4.69) is 0 Å². The second-order valence-electron chi connectivity index (χ2n) is 5.04. The summed E-state index contributed by atoms with van der Waals surface area (Å²) in [6.07, 6.45) is 1.73. The van der Waals surface area contributed by atoms with Gasteiger partial charge in [0.15, 0.2) is 5.76 Å². The smallest absolute Gasteiger partial charge is 0.233 e. The van der Waals surface area contributed by atoms with Gasteiger partial charge in [0, 0.05) is 19.8 Å². The summed E-state index contributed by atoms with van der Waals surface area (Å²) in [7, 11) is 3.96. The van der Waals surface area contributed by atoms with Gasteiger partial charge < -0.3 is 9.64 Å². The first kappa shape index (κ1) is 13.7. The number of allylic oxidation sites excluding steroid dienone is 1. The number of fused-ring (bicyclic) bond motifs is 1. The van der Waals surface area contributed by atoms with Crippen molar-refractivity contribution in [3.63, 3.8) is 0 Å². The molecule has 4 heteroatoms. The number of ether oxygens (including phenoxy) is 1. The average molecular weight is 300 g/mol. The number of rotatable bonds is 2. The van der Waals surface area contributed by atoms with Gasteiger partial charge in [-0.3, -0.25) is 4.79 Å². The standard InChI is InChI=1S/C17H14ClNO2/c1-19(2)12-8-6-11(7-9-12)10-15-17(20)16-13(18)4-3-5-14(16)21-15/h3-10H,1-2H3/b15-10-. The Balaban J connectivity index is 1.92. The van der Waals surface area contributed by atoms with E-state index in [0.29, 0.717) is 22.1 Å². The first-order valence-electron chi connectivity index (χ1n) is 6.56. The number of ketones is 1. The predicted octanol–water partition coefficient (Wildman–Crippen LogP) is 4.02. The van der Waals surface area contributed by atoms with Gasteiger partial charge in [0.05, 0.1) is 10.6 Å². The summed E-state index contributed by atoms with van der Waals surface area (Å²) in [6, 6.07) is 13.1. The van der Waals surface area contributed by atoms with Crippen LogP contribution in [-0.2, 0) is 0 Å². The highest BCUT2D eigenvalue weighted by atomic mass is 35.5. The van der Waals surface area contributed by atoms with Gasteiger partial charge in [-0.05, 0) is 35.9 Å². The van der Waals surface area contributed by atoms with Gasteiger partial charge in [0.1, 0.15) is 5.75 Å². The minimum absolute atomic E-state index is 0.174. The summed E-state index contributed by atoms with van der Waals surface area (Å²) in [5.41, 5.74) is 2.45. The fraction of sp³-hybridized carbons (Fsp3) is 0.118. The maximum atomic E-state index is 12.3. The van der Waals surface area contributed by atoms with Gasteiger partial charge in [0.2, 0.25) is 5.78 Å². The number of hydrogen-bond donors (Lipinski definition) is 0. The minimum atomic E-state index is -0.174. The van der Waals surface area contributed by atoms with Crippen LogP contribution in [0.15, 0.2) is 48.2 Å². The van der Waals surface area contributed by atoms with Crippen LogP contribution in [0.3, 0.4) is 0 Å². The lowest BCUT2D eigenvalue weighted by atomic mass is 10.1. The molecule has 1 aliphatic rings. The van der Waals surface area contributed by atoms with Crippen molar-refractivity contribution in [1.29, 1.82) is 0 Å². The first-order chi connectivity index (χ1) is 10.1. The number of anilines is 1. The number of benzene rings is 2. The Labute approximate surface area is 128 Å². The lowest BCUT2D eigenvalue weighted by molar-refractivity contribution is 0.101. The molecule has 0 N–H and O–H groups in total. The van der Waals surface area contributed by atoms with Crippen LogP contribution in [0.2, 0.25) is 5.02 Å². The molecule has 0 saturated heterocycles. The highest BCUT2D eigenvalue weighted by molar-refractivity contribution is 6.36. The zero-order valence-electron chi connectivity index (χ0n) is 11.8. The fourth-order valence-electron chi connectivity index (χ4n) is 2.21. The monoisotopic (exact) mass is 299 g/mol. The van der Waals surface area contributed by atoms with E-state index < -0.39 is 0 Å². The number of nitrogens with zero attached hydrogens (tertiary/aromatic N) is 1. The second-order valence-corrected chi connectivity index (χ2v) is 5.45. The van der Waals surface area contributed by atoms with E-state index in [9.17, 15) is 4.79 Å². The number of carbonyl (C=O) groups excluding carboxylic acids is 1. The molecule has 0 bridgehead atoms. The second kappa shape index (κ2) is 5.26. The van der Waals surface area contributed by atoms with Crippen LogP contribution >= 0.6 is 11.6 Å². The van der Waals surface area contributed by atoms with E-state index in [1.165, 1.54) is 0 Å². The maximum absolute atomic E-state index is 12.3. The Bertz CT molecular complexity index is 733. The fourth-order valence-corrected chi connectivity index (χ4v) is 2.46. The summed E-state index contributed by atoms with van der Waals surface area (Å²) in [4.78, 5) is 14.3. The summed E-state index contributed by atoms with van der Waals surface area (Å²) in [6.45, 7) is 0. The van der Waals surface area contributed by atoms with Gasteiger partial charge in [-0.2, -0.15) is 0 Å². The summed E-state index contributed by atoms with van der Waals surface area (Å²) < 4.78 is 5.60. The van der Waals surface area contributed by atoms with E-state index in [4.69, 9.17) is 16.3 Å². The largest absolute Gasteiger partial charge is 0.452 e. The van der Waals surface area contributed by atoms with Crippen LogP contribution < -0.4 is 9.64 Å². The highest BCUT2D eigenvalue weighted by Gasteiger charge is 2.29. The van der Waals surface area contributed by atoms with Crippen molar-refractivity contribution in [2.45, 2.75) is 0 Å². The molecule has 3 rings (SSSR count). The Morgan fingerprint density at radius 1 is 1.10 bits per heavy atom. The zero-order valence-corrected chi connectivity index (χ0v) is 12.5. The van der Waals surface area contributed by atoms with Gasteiger partial charge >= 0.3 is 0 Å². The third-order valence-corrected chi connectivity index (χ3v) is 3.67. The van der Waals surface area contributed by atoms with Crippen LogP contribution in [-0.4, -0.2) is 19.9 Å². The van der Waals surface area contributed by atoms with Crippen molar-refractivity contribution in [2.24, 2.45) is 0 Å². The Kier molecular flexibility index (Phi) is 3.43. The summed E-state index contributed by atoms with van der Waals surface area (Å²) in [5, 5.41) is 0.420. The van der Waals surface area contributed by atoms with Crippen LogP contribution in [0, 0.1) is 0 Å². The highest BCUT2D eigenvalue weighted by Crippen LogP contribution is 2.36. The summed E-state index contributed by atoms with van der Waals surface area (Å²) >= 11 is 6.05. The van der Waals surface area contributed by atoms with E-state index in [1.54, 1.807) is 24.3 Å². The van der Waals surface area contributed by atoms with Crippen LogP contribution in [0.4, 0.5) is 5.69 Å². The van der Waals surface area contributed by atoms with Crippen LogP contribution in [0.25, 0.3) is 6.08 Å². The molecule has 0 unspecified atom stereocenters. The molecule has 0 atom stereocenters. The average Bonchev–Trinajstić information content (AvgIpc) is 2.77. The van der Waals surface area contributed by atoms with Crippen LogP contribution in [0.1, 0.15) is 15.9 Å². The van der Waals surface area contributed by atoms with Crippen molar-refractivity contribution in [2.75, 3.05) is 19.0 Å². The molecular formula is C17H14ClNO2. The van der Waals surface area contributed by atoms with Crippen LogP contribution in [0.5, 0.6) is 5.75 Å². The van der Waals surface area contributed by atoms with Gasteiger partial charge in [0.25, 0.3) is 0 Å². The molecule has 0 aromatic heterocycles. The quantitative estimate of drug-likeness (QED) is 0.784. The van der Waals surface area contributed by atoms with E-state index >= 15 is 0 Å². The van der Waals surface area contributed by atoms with Crippen molar-refractivity contribution in [3.8, 4) is 5.75 Å². The molecule has 1 aliphatic heterocycles. The van der Waals surface area contributed by atoms with Crippen molar-refractivity contribution in [1.82, 2.24) is 0 Å². The predicted molar refractivity (Wildman–Crippen MR) is 85.2 cm³/mol. The first-order valence-corrected chi connectivity index (χ1v) is 6.94. The molecule has 0 amide bonds. The summed E-state index contributed by atoms with van der Waals surface area (Å²) in [5.74, 6) is 0.645. The zero-order chi connectivity index (χ0) is 15.0. The molecular weight excluding hydrogens is 286 g/mol. The van der Waals surface area contributed by atoms with Crippen molar-refractivity contribution in [3.05, 3.63) is 64.4 Å². The molecule has 2 aromatic rings. The maximum Gasteiger partial charge on any atom is 0.233 e. The Morgan fingerprint density at radius 2 is 1.81 bits per heavy atom. The molecule has 0 fully saturated rings. The lowest BCUT2D eigenvalue weighted by Crippen LogP contribution is -2.08. The number of Topliss-reactive ketones (excluding diaryl/α,β-unsaturated/α-hetero) is 1. The Morgan fingerprint density at radius 3 is 2.43 bits per heavy atom. The third-order valence-electron chi connectivity index (χ3n) is 3.35. The van der Waals surface area contributed by atoms with E-state index in [0.717, 1.165) is 11.3 Å². The minimum Gasteiger partial charge on any atom is -0.452 e. The molecule has 3 nitrogen and oxygen atoms in total. The Hall–Kier alpha value is -2.26. The number of carbonyl (C=O) groups is 1. The van der Waals surface area contributed by atoms with Crippen molar-refractivity contribution < 1.29 is 9.53 Å². The molecule has 0 spiro atoms. The SMILES string of the molecule is CN(C)c1ccc(/C=C2\Oc3cccc(Cl)c3C2=O)cc1. The van der Waals surface area contributed by atoms with E-state index in [-0.39, 0.29) is 5.78 Å². The molecule has 0 radical (unpaired) electrons. The molecule has 0 aliphatic carbocycles. The lowest BCUT2D eigenvalue weighted by Gasteiger charge is -2.11. The molecule has 106 valence electrons. The molecule has 21 heavy (non-hydrogen) atoms. The topological polar surface area (TPSA) is 29.5 Å². The van der Waals surface area contributed by atoms with Gasteiger partial charge in [-0.25, -0.2) is 0 Å². The van der Waals surface area contributed by atoms with Gasteiger partial charge in [-0.1, -0.05) is 29.8 Å².